The summed E-state index contributed by atoms with van der Waals surface area (Å²) in [6, 6.07) is 18.7. The maximum absolute atomic E-state index is 10.5. The fraction of sp³-hybridized carbons (Fsp3) is 0.222. The van der Waals surface area contributed by atoms with Gasteiger partial charge in [0.1, 0.15) is 0 Å². The molecule has 0 amide bonds. The molecule has 2 nitrogen and oxygen atoms in total. The topological polar surface area (TPSA) is 26.3 Å². The van der Waals surface area contributed by atoms with Crippen molar-refractivity contribution in [3.05, 3.63) is 71.8 Å². The minimum atomic E-state index is -0.185. The maximum atomic E-state index is 10.5. The first kappa shape index (κ1) is 18.4. The minimum Gasteiger partial charge on any atom is -0.483 e. The lowest BCUT2D eigenvalue weighted by Gasteiger charge is -2.09. The van der Waals surface area contributed by atoms with Crippen LogP contribution >= 0.6 is 24.8 Å². The van der Waals surface area contributed by atoms with Crippen molar-refractivity contribution in [3.63, 3.8) is 0 Å². The highest BCUT2D eigenvalue weighted by Crippen LogP contribution is 2.04. The third kappa shape index (κ3) is 7.38. The van der Waals surface area contributed by atoms with Crippen molar-refractivity contribution in [3.8, 4) is 0 Å². The first-order valence-electron chi connectivity index (χ1n) is 7.01. The predicted molar refractivity (Wildman–Crippen MR) is 98.7 cm³/mol. The molecular weight excluding hydrogens is 312 g/mol. The number of hydrogen-bond donors (Lipinski definition) is 1. The molecule has 0 bridgehead atoms. The molecule has 116 valence electrons. The van der Waals surface area contributed by atoms with Gasteiger partial charge in [-0.1, -0.05) is 74.5 Å². The van der Waals surface area contributed by atoms with Gasteiger partial charge in [0, 0.05) is 11.1 Å². The number of carbonyl (C=O) groups is 1. The second-order valence-electron chi connectivity index (χ2n) is 5.03. The Hall–Kier alpha value is -1.65. The molecule has 0 saturated carbocycles. The molecule has 0 saturated heterocycles. The number of hydrogen-bond acceptors (Lipinski definition) is 3. The SMILES string of the molecule is CC(C)COC(=S)c1ccccc1.O=C(S)c1ccccc1. The van der Waals surface area contributed by atoms with E-state index in [-0.39, 0.29) is 5.12 Å². The van der Waals surface area contributed by atoms with Crippen LogP contribution in [-0.2, 0) is 4.74 Å². The zero-order valence-electron chi connectivity index (χ0n) is 12.7. The third-order valence-electron chi connectivity index (χ3n) is 2.58. The number of carbonyl (C=O) groups excluding carboxylic acids is 1. The predicted octanol–water partition coefficient (Wildman–Crippen LogP) is 4.79. The van der Waals surface area contributed by atoms with E-state index in [1.54, 1.807) is 12.1 Å². The van der Waals surface area contributed by atoms with E-state index in [0.29, 0.717) is 23.1 Å². The molecule has 0 spiro atoms. The lowest BCUT2D eigenvalue weighted by Crippen LogP contribution is -2.08. The van der Waals surface area contributed by atoms with Gasteiger partial charge in [0.25, 0.3) is 0 Å². The molecule has 0 heterocycles. The van der Waals surface area contributed by atoms with E-state index in [4.69, 9.17) is 17.0 Å². The molecule has 2 aromatic rings. The van der Waals surface area contributed by atoms with Crippen LogP contribution < -0.4 is 0 Å². The molecule has 0 fully saturated rings. The number of ether oxygens (including phenoxy) is 1. The standard InChI is InChI=1S/C11H14OS.C7H6OS/c1-9(2)8-12-11(13)10-6-4-3-5-7-10;8-7(9)6-4-2-1-3-5-6/h3-7,9H,8H2,1-2H3;1-5H,(H,8,9). The van der Waals surface area contributed by atoms with Crippen molar-refractivity contribution in [1.82, 2.24) is 0 Å². The molecule has 0 N–H and O–H groups in total. The van der Waals surface area contributed by atoms with E-state index in [9.17, 15) is 4.79 Å². The van der Waals surface area contributed by atoms with E-state index in [0.717, 1.165) is 5.56 Å². The van der Waals surface area contributed by atoms with Crippen LogP contribution in [0, 0.1) is 5.92 Å². The molecule has 0 aliphatic heterocycles. The van der Waals surface area contributed by atoms with Crippen LogP contribution in [0.15, 0.2) is 60.7 Å². The van der Waals surface area contributed by atoms with Gasteiger partial charge in [0.05, 0.1) is 6.61 Å². The van der Waals surface area contributed by atoms with Crippen molar-refractivity contribution in [2.45, 2.75) is 13.8 Å². The molecule has 2 rings (SSSR count). The minimum absolute atomic E-state index is 0.185. The van der Waals surface area contributed by atoms with Crippen LogP contribution in [-0.4, -0.2) is 16.8 Å². The van der Waals surface area contributed by atoms with Crippen LogP contribution in [0.4, 0.5) is 0 Å². The van der Waals surface area contributed by atoms with Crippen molar-refractivity contribution in [2.75, 3.05) is 6.61 Å². The maximum Gasteiger partial charge on any atom is 0.216 e. The van der Waals surface area contributed by atoms with Gasteiger partial charge < -0.3 is 4.74 Å². The number of thiocarbonyl (C=S) groups is 1. The van der Waals surface area contributed by atoms with Crippen LogP contribution in [0.5, 0.6) is 0 Å². The summed E-state index contributed by atoms with van der Waals surface area (Å²) >= 11 is 8.77. The lowest BCUT2D eigenvalue weighted by molar-refractivity contribution is 0.109. The van der Waals surface area contributed by atoms with E-state index < -0.39 is 0 Å². The first-order valence-corrected chi connectivity index (χ1v) is 7.86. The molecule has 4 heteroatoms. The largest absolute Gasteiger partial charge is 0.483 e. The molecular formula is C18H20O2S2. The molecule has 0 unspecified atom stereocenters. The molecule has 0 aromatic heterocycles. The first-order chi connectivity index (χ1) is 10.5. The van der Waals surface area contributed by atoms with Crippen molar-refractivity contribution >= 4 is 35.0 Å². The third-order valence-corrected chi connectivity index (χ3v) is 3.19. The van der Waals surface area contributed by atoms with Gasteiger partial charge >= 0.3 is 0 Å². The average Bonchev–Trinajstić information content (AvgIpc) is 2.55. The summed E-state index contributed by atoms with van der Waals surface area (Å²) in [5.74, 6) is 0.515. The Labute approximate surface area is 142 Å². The Morgan fingerprint density at radius 1 is 1.00 bits per heavy atom. The van der Waals surface area contributed by atoms with Gasteiger partial charge in [-0.15, -0.1) is 12.6 Å². The summed E-state index contributed by atoms with van der Waals surface area (Å²) in [6.07, 6.45) is 0. The van der Waals surface area contributed by atoms with Crippen LogP contribution in [0.3, 0.4) is 0 Å². The van der Waals surface area contributed by atoms with Crippen LogP contribution in [0.2, 0.25) is 0 Å². The molecule has 0 radical (unpaired) electrons. The van der Waals surface area contributed by atoms with Gasteiger partial charge in [-0.3, -0.25) is 4.79 Å². The summed E-state index contributed by atoms with van der Waals surface area (Å²) in [4.78, 5) is 10.5. The summed E-state index contributed by atoms with van der Waals surface area (Å²) in [5, 5.41) is 0.407. The molecule has 22 heavy (non-hydrogen) atoms. The Morgan fingerprint density at radius 3 is 1.82 bits per heavy atom. The van der Waals surface area contributed by atoms with Crippen molar-refractivity contribution in [1.29, 1.82) is 0 Å². The van der Waals surface area contributed by atoms with Crippen molar-refractivity contribution < 1.29 is 9.53 Å². The highest BCUT2D eigenvalue weighted by atomic mass is 32.1. The van der Waals surface area contributed by atoms with Gasteiger partial charge in [-0.05, 0) is 18.1 Å². The van der Waals surface area contributed by atoms with Gasteiger partial charge in [0.2, 0.25) is 5.12 Å². The van der Waals surface area contributed by atoms with E-state index in [1.807, 2.05) is 48.5 Å². The summed E-state index contributed by atoms with van der Waals surface area (Å²) in [6.45, 7) is 4.90. The zero-order valence-corrected chi connectivity index (χ0v) is 14.4. The fourth-order valence-corrected chi connectivity index (χ4v) is 1.83. The molecule has 0 aliphatic carbocycles. The van der Waals surface area contributed by atoms with Crippen molar-refractivity contribution in [2.24, 2.45) is 5.92 Å². The van der Waals surface area contributed by atoms with E-state index >= 15 is 0 Å². The second-order valence-corrected chi connectivity index (χ2v) is 5.81. The normalized spacial score (nSPS) is 9.64. The average molecular weight is 332 g/mol. The number of benzene rings is 2. The Kier molecular flexibility index (Phi) is 8.48. The van der Waals surface area contributed by atoms with E-state index in [2.05, 4.69) is 26.5 Å². The van der Waals surface area contributed by atoms with Crippen LogP contribution in [0.1, 0.15) is 29.8 Å². The Bertz CT molecular complexity index is 581. The highest BCUT2D eigenvalue weighted by Gasteiger charge is 2.01. The second kappa shape index (κ2) is 10.1. The molecule has 0 atom stereocenters. The summed E-state index contributed by atoms with van der Waals surface area (Å²) in [7, 11) is 0. The quantitative estimate of drug-likeness (QED) is 0.644. The highest BCUT2D eigenvalue weighted by molar-refractivity contribution is 7.97. The summed E-state index contributed by atoms with van der Waals surface area (Å²) in [5.41, 5.74) is 1.62. The lowest BCUT2D eigenvalue weighted by atomic mass is 10.2. The monoisotopic (exact) mass is 332 g/mol. The van der Waals surface area contributed by atoms with Gasteiger partial charge in [-0.25, -0.2) is 0 Å². The van der Waals surface area contributed by atoms with Gasteiger partial charge in [-0.2, -0.15) is 0 Å². The molecule has 2 aromatic carbocycles. The number of rotatable bonds is 4. The fourth-order valence-electron chi connectivity index (χ4n) is 1.48. The number of thiol groups is 1. The van der Waals surface area contributed by atoms with Gasteiger partial charge in [0.15, 0.2) is 5.05 Å². The smallest absolute Gasteiger partial charge is 0.216 e. The van der Waals surface area contributed by atoms with Crippen LogP contribution in [0.25, 0.3) is 0 Å². The zero-order chi connectivity index (χ0) is 16.4. The Balaban J connectivity index is 0.000000235. The summed E-state index contributed by atoms with van der Waals surface area (Å²) < 4.78 is 5.42. The Morgan fingerprint density at radius 2 is 1.45 bits per heavy atom. The molecule has 0 aliphatic rings. The van der Waals surface area contributed by atoms with E-state index in [1.165, 1.54) is 0 Å².